The fourth-order valence-corrected chi connectivity index (χ4v) is 4.15. The molecule has 1 unspecified atom stereocenters. The lowest BCUT2D eigenvalue weighted by molar-refractivity contribution is 0.303. The minimum Gasteiger partial charge on any atom is -0.386 e. The lowest BCUT2D eigenvalue weighted by Crippen LogP contribution is -2.51. The van der Waals surface area contributed by atoms with Crippen molar-refractivity contribution in [1.29, 1.82) is 5.41 Å². The molecule has 2 rings (SSSR count). The number of hydrogen-bond donors (Lipinski definition) is 2. The Bertz CT molecular complexity index is 362. The first-order valence-electron chi connectivity index (χ1n) is 5.38. The van der Waals surface area contributed by atoms with E-state index in [0.717, 1.165) is 25.7 Å². The number of hydrogen-bond acceptors (Lipinski definition) is 3. The molecule has 1 aliphatic heterocycles. The summed E-state index contributed by atoms with van der Waals surface area (Å²) in [5.74, 6) is -0.0149. The predicted octanol–water partition coefficient (Wildman–Crippen LogP) is 0.269. The van der Waals surface area contributed by atoms with Gasteiger partial charge < -0.3 is 5.73 Å². The molecule has 0 spiro atoms. The van der Waals surface area contributed by atoms with E-state index in [0.29, 0.717) is 13.0 Å². The normalized spacial score (nSPS) is 28.9. The summed E-state index contributed by atoms with van der Waals surface area (Å²) < 4.78 is 25.5. The number of nitrogens with zero attached hydrogens (tertiary/aromatic N) is 1. The van der Waals surface area contributed by atoms with Gasteiger partial charge in [0.2, 0.25) is 10.0 Å². The Labute approximate surface area is 90.2 Å². The van der Waals surface area contributed by atoms with Crippen LogP contribution in [0.5, 0.6) is 0 Å². The molecule has 15 heavy (non-hydrogen) atoms. The molecule has 0 radical (unpaired) electrons. The Hall–Kier alpha value is -0.620. The summed E-state index contributed by atoms with van der Waals surface area (Å²) in [5, 5.41) is 7.24. The van der Waals surface area contributed by atoms with Gasteiger partial charge in [-0.1, -0.05) is 6.42 Å². The summed E-state index contributed by atoms with van der Waals surface area (Å²) in [4.78, 5) is 0. The van der Waals surface area contributed by atoms with Crippen LogP contribution in [0.25, 0.3) is 0 Å². The fraction of sp³-hybridized carbons (Fsp3) is 0.889. The Kier molecular flexibility index (Phi) is 2.72. The molecular formula is C9H17N3O2S. The topological polar surface area (TPSA) is 87.2 Å². The van der Waals surface area contributed by atoms with Crippen LogP contribution in [0.15, 0.2) is 0 Å². The zero-order valence-electron chi connectivity index (χ0n) is 8.65. The highest BCUT2D eigenvalue weighted by molar-refractivity contribution is 7.90. The van der Waals surface area contributed by atoms with Gasteiger partial charge in [0.15, 0.2) is 0 Å². The lowest BCUT2D eigenvalue weighted by atomic mass is 10.0. The number of nitrogens with one attached hydrogen (secondary N) is 1. The van der Waals surface area contributed by atoms with E-state index < -0.39 is 10.0 Å². The molecule has 2 fully saturated rings. The van der Waals surface area contributed by atoms with Crippen molar-refractivity contribution in [2.24, 2.45) is 5.73 Å². The molecule has 1 saturated carbocycles. The van der Waals surface area contributed by atoms with Crippen molar-refractivity contribution in [2.45, 2.75) is 43.4 Å². The number of piperidine rings is 1. The summed E-state index contributed by atoms with van der Waals surface area (Å²) in [6.07, 6.45) is 4.07. The Morgan fingerprint density at radius 1 is 1.27 bits per heavy atom. The van der Waals surface area contributed by atoms with Crippen LogP contribution in [0.1, 0.15) is 32.1 Å². The van der Waals surface area contributed by atoms with Crippen LogP contribution in [0.2, 0.25) is 0 Å². The highest BCUT2D eigenvalue weighted by atomic mass is 32.2. The van der Waals surface area contributed by atoms with Gasteiger partial charge in [0.1, 0.15) is 5.84 Å². The third-order valence-electron chi connectivity index (χ3n) is 3.09. The van der Waals surface area contributed by atoms with Gasteiger partial charge in [0.05, 0.1) is 11.3 Å². The van der Waals surface area contributed by atoms with Crippen molar-refractivity contribution >= 4 is 15.9 Å². The number of nitrogens with two attached hydrogens (primary N) is 1. The first-order chi connectivity index (χ1) is 7.03. The van der Waals surface area contributed by atoms with E-state index in [4.69, 9.17) is 11.1 Å². The zero-order chi connectivity index (χ0) is 11.1. The summed E-state index contributed by atoms with van der Waals surface area (Å²) in [6.45, 7) is 0.531. The van der Waals surface area contributed by atoms with Gasteiger partial charge in [0, 0.05) is 6.54 Å². The second-order valence-electron chi connectivity index (χ2n) is 4.32. The van der Waals surface area contributed by atoms with Gasteiger partial charge in [-0.25, -0.2) is 8.42 Å². The SMILES string of the molecule is N=C(N)C1CCCCN1S(=O)(=O)C1CC1. The molecule has 1 heterocycles. The van der Waals surface area contributed by atoms with Crippen molar-refractivity contribution in [1.82, 2.24) is 4.31 Å². The molecule has 0 amide bonds. The average molecular weight is 231 g/mol. The molecule has 86 valence electrons. The van der Waals surface area contributed by atoms with Gasteiger partial charge in [-0.2, -0.15) is 4.31 Å². The van der Waals surface area contributed by atoms with Crippen LogP contribution in [0, 0.1) is 5.41 Å². The van der Waals surface area contributed by atoms with Crippen molar-refractivity contribution in [3.63, 3.8) is 0 Å². The van der Waals surface area contributed by atoms with Crippen molar-refractivity contribution < 1.29 is 8.42 Å². The molecule has 0 aromatic heterocycles. The number of amidine groups is 1. The third-order valence-corrected chi connectivity index (χ3v) is 5.49. The summed E-state index contributed by atoms with van der Waals surface area (Å²) in [5.41, 5.74) is 5.45. The van der Waals surface area contributed by atoms with E-state index in [1.54, 1.807) is 0 Å². The minimum atomic E-state index is -3.17. The molecule has 1 aliphatic carbocycles. The van der Waals surface area contributed by atoms with Crippen LogP contribution < -0.4 is 5.73 Å². The van der Waals surface area contributed by atoms with E-state index >= 15 is 0 Å². The van der Waals surface area contributed by atoms with E-state index in [1.165, 1.54) is 4.31 Å². The Morgan fingerprint density at radius 2 is 1.93 bits per heavy atom. The first kappa shape index (κ1) is 10.9. The van der Waals surface area contributed by atoms with Crippen LogP contribution in [-0.2, 0) is 10.0 Å². The van der Waals surface area contributed by atoms with Gasteiger partial charge in [0.25, 0.3) is 0 Å². The lowest BCUT2D eigenvalue weighted by Gasteiger charge is -2.33. The van der Waals surface area contributed by atoms with Crippen molar-refractivity contribution in [3.05, 3.63) is 0 Å². The zero-order valence-corrected chi connectivity index (χ0v) is 9.46. The maximum absolute atomic E-state index is 12.0. The Morgan fingerprint density at radius 3 is 2.47 bits per heavy atom. The quantitative estimate of drug-likeness (QED) is 0.540. The highest BCUT2D eigenvalue weighted by Crippen LogP contribution is 2.34. The molecular weight excluding hydrogens is 214 g/mol. The van der Waals surface area contributed by atoms with Gasteiger partial charge >= 0.3 is 0 Å². The second-order valence-corrected chi connectivity index (χ2v) is 6.49. The maximum atomic E-state index is 12.0. The average Bonchev–Trinajstić information content (AvgIpc) is 3.01. The molecule has 1 saturated heterocycles. The summed E-state index contributed by atoms with van der Waals surface area (Å²) in [6, 6.07) is -0.385. The molecule has 0 aromatic carbocycles. The van der Waals surface area contributed by atoms with Crippen LogP contribution in [0.3, 0.4) is 0 Å². The van der Waals surface area contributed by atoms with Gasteiger partial charge in [-0.3, -0.25) is 5.41 Å². The largest absolute Gasteiger partial charge is 0.386 e. The fourth-order valence-electron chi connectivity index (χ4n) is 2.08. The Balaban J connectivity index is 2.20. The van der Waals surface area contributed by atoms with Crippen molar-refractivity contribution in [2.75, 3.05) is 6.54 Å². The summed E-state index contributed by atoms with van der Waals surface area (Å²) >= 11 is 0. The van der Waals surface area contributed by atoms with E-state index in [-0.39, 0.29) is 17.1 Å². The standard InChI is InChI=1S/C9H17N3O2S/c10-9(11)8-3-1-2-6-12(8)15(13,14)7-4-5-7/h7-8H,1-6H2,(H3,10,11). The number of sulfonamides is 1. The molecule has 2 aliphatic rings. The monoisotopic (exact) mass is 231 g/mol. The smallest absolute Gasteiger partial charge is 0.217 e. The molecule has 5 nitrogen and oxygen atoms in total. The van der Waals surface area contributed by atoms with Gasteiger partial charge in [-0.05, 0) is 25.7 Å². The minimum absolute atomic E-state index is 0.0149. The number of rotatable bonds is 3. The van der Waals surface area contributed by atoms with E-state index in [1.807, 2.05) is 0 Å². The predicted molar refractivity (Wildman–Crippen MR) is 58.2 cm³/mol. The molecule has 0 aromatic rings. The third kappa shape index (κ3) is 2.01. The molecule has 3 N–H and O–H groups in total. The van der Waals surface area contributed by atoms with E-state index in [9.17, 15) is 8.42 Å². The van der Waals surface area contributed by atoms with Crippen LogP contribution >= 0.6 is 0 Å². The molecule has 6 heteroatoms. The molecule has 0 bridgehead atoms. The molecule has 1 atom stereocenters. The van der Waals surface area contributed by atoms with E-state index in [2.05, 4.69) is 0 Å². The second kappa shape index (κ2) is 3.75. The maximum Gasteiger partial charge on any atom is 0.217 e. The van der Waals surface area contributed by atoms with Crippen LogP contribution in [-0.4, -0.2) is 36.4 Å². The first-order valence-corrected chi connectivity index (χ1v) is 6.88. The highest BCUT2D eigenvalue weighted by Gasteiger charge is 2.44. The summed E-state index contributed by atoms with van der Waals surface area (Å²) in [7, 11) is -3.17. The van der Waals surface area contributed by atoms with Crippen LogP contribution in [0.4, 0.5) is 0 Å². The van der Waals surface area contributed by atoms with Crippen molar-refractivity contribution in [3.8, 4) is 0 Å². The van der Waals surface area contributed by atoms with Gasteiger partial charge in [-0.15, -0.1) is 0 Å².